The van der Waals surface area contributed by atoms with Crippen molar-refractivity contribution < 1.29 is 33.2 Å². The molecule has 0 radical (unpaired) electrons. The molecule has 0 saturated carbocycles. The van der Waals surface area contributed by atoms with Crippen molar-refractivity contribution in [3.05, 3.63) is 41.5 Å². The number of hydrogen-bond donors (Lipinski definition) is 0. The van der Waals surface area contributed by atoms with Gasteiger partial charge in [0.2, 0.25) is 6.79 Å². The number of hydrogen-bond acceptors (Lipinski definition) is 7. The van der Waals surface area contributed by atoms with E-state index in [0.29, 0.717) is 28.7 Å². The highest BCUT2D eigenvalue weighted by atomic mass is 16.7. The van der Waals surface area contributed by atoms with E-state index >= 15 is 0 Å². The molecular formula is C18H18O7. The fourth-order valence-electron chi connectivity index (χ4n) is 2.45. The number of rotatable bonds is 6. The second-order valence-electron chi connectivity index (χ2n) is 5.17. The van der Waals surface area contributed by atoms with Crippen molar-refractivity contribution in [3.8, 4) is 28.7 Å². The normalized spacial score (nSPS) is 11.8. The minimum atomic E-state index is -0.532. The Hall–Kier alpha value is -3.09. The second-order valence-corrected chi connectivity index (χ2v) is 5.17. The lowest BCUT2D eigenvalue weighted by atomic mass is 10.1. The standard InChI is InChI=1S/C18H18O7/c1-20-14-8-16(22-3)15(21-2)7-12(14)18(19)23-9-11-4-5-13-17(6-11)25-10-24-13/h4-8H,9-10H2,1-3H3. The van der Waals surface area contributed by atoms with E-state index in [1.54, 1.807) is 18.2 Å². The zero-order valence-corrected chi connectivity index (χ0v) is 14.2. The SMILES string of the molecule is COc1cc(OC)c(C(=O)OCc2ccc3c(c2)OCO3)cc1OC. The molecule has 0 atom stereocenters. The molecular weight excluding hydrogens is 328 g/mol. The molecule has 0 spiro atoms. The first-order valence-electron chi connectivity index (χ1n) is 7.52. The lowest BCUT2D eigenvalue weighted by Gasteiger charge is -2.13. The number of esters is 1. The Morgan fingerprint density at radius 3 is 2.32 bits per heavy atom. The first-order chi connectivity index (χ1) is 12.2. The van der Waals surface area contributed by atoms with Crippen LogP contribution in [-0.4, -0.2) is 34.1 Å². The predicted molar refractivity (Wildman–Crippen MR) is 87.8 cm³/mol. The summed E-state index contributed by atoms with van der Waals surface area (Å²) in [4.78, 5) is 12.4. The molecule has 1 aliphatic rings. The Labute approximate surface area is 145 Å². The molecule has 132 valence electrons. The Morgan fingerprint density at radius 2 is 1.60 bits per heavy atom. The maximum absolute atomic E-state index is 12.4. The monoisotopic (exact) mass is 346 g/mol. The number of benzene rings is 2. The molecule has 0 unspecified atom stereocenters. The van der Waals surface area contributed by atoms with E-state index < -0.39 is 5.97 Å². The minimum absolute atomic E-state index is 0.0903. The molecule has 1 heterocycles. The van der Waals surface area contributed by atoms with Gasteiger partial charge in [-0.1, -0.05) is 6.07 Å². The fourth-order valence-corrected chi connectivity index (χ4v) is 2.45. The van der Waals surface area contributed by atoms with E-state index in [9.17, 15) is 4.79 Å². The van der Waals surface area contributed by atoms with Gasteiger partial charge in [0, 0.05) is 12.1 Å². The summed E-state index contributed by atoms with van der Waals surface area (Å²) in [5.41, 5.74) is 1.04. The van der Waals surface area contributed by atoms with Gasteiger partial charge in [-0.25, -0.2) is 4.79 Å². The van der Waals surface area contributed by atoms with Crippen molar-refractivity contribution >= 4 is 5.97 Å². The average molecular weight is 346 g/mol. The molecule has 3 rings (SSSR count). The van der Waals surface area contributed by atoms with Crippen LogP contribution in [0.15, 0.2) is 30.3 Å². The van der Waals surface area contributed by atoms with Crippen LogP contribution < -0.4 is 23.7 Å². The topological polar surface area (TPSA) is 72.5 Å². The van der Waals surface area contributed by atoms with Crippen molar-refractivity contribution in [2.24, 2.45) is 0 Å². The Balaban J connectivity index is 1.76. The third-order valence-electron chi connectivity index (χ3n) is 3.73. The summed E-state index contributed by atoms with van der Waals surface area (Å²) in [5, 5.41) is 0. The molecule has 0 fully saturated rings. The van der Waals surface area contributed by atoms with Gasteiger partial charge in [0.1, 0.15) is 17.9 Å². The highest BCUT2D eigenvalue weighted by Crippen LogP contribution is 2.35. The second kappa shape index (κ2) is 7.21. The van der Waals surface area contributed by atoms with Crippen molar-refractivity contribution in [3.63, 3.8) is 0 Å². The summed E-state index contributed by atoms with van der Waals surface area (Å²) in [6.07, 6.45) is 0. The third-order valence-corrected chi connectivity index (χ3v) is 3.73. The van der Waals surface area contributed by atoms with Crippen LogP contribution in [0.2, 0.25) is 0 Å². The molecule has 7 nitrogen and oxygen atoms in total. The van der Waals surface area contributed by atoms with Gasteiger partial charge in [-0.3, -0.25) is 0 Å². The van der Waals surface area contributed by atoms with Crippen LogP contribution in [0, 0.1) is 0 Å². The van der Waals surface area contributed by atoms with Crippen LogP contribution in [0.3, 0.4) is 0 Å². The highest BCUT2D eigenvalue weighted by Gasteiger charge is 2.20. The Bertz CT molecular complexity index is 785. The van der Waals surface area contributed by atoms with Gasteiger partial charge >= 0.3 is 5.97 Å². The highest BCUT2D eigenvalue weighted by molar-refractivity contribution is 5.93. The Kier molecular flexibility index (Phi) is 4.83. The summed E-state index contributed by atoms with van der Waals surface area (Å²) in [6, 6.07) is 8.48. The van der Waals surface area contributed by atoms with E-state index in [-0.39, 0.29) is 19.0 Å². The maximum atomic E-state index is 12.4. The van der Waals surface area contributed by atoms with Crippen molar-refractivity contribution in [2.75, 3.05) is 28.1 Å². The first kappa shape index (κ1) is 16.8. The van der Waals surface area contributed by atoms with Crippen LogP contribution in [0.1, 0.15) is 15.9 Å². The molecule has 1 aliphatic heterocycles. The molecule has 0 N–H and O–H groups in total. The van der Waals surface area contributed by atoms with E-state index in [0.717, 1.165) is 5.56 Å². The molecule has 0 bridgehead atoms. The average Bonchev–Trinajstić information content (AvgIpc) is 3.12. The maximum Gasteiger partial charge on any atom is 0.342 e. The van der Waals surface area contributed by atoms with Gasteiger partial charge in [-0.15, -0.1) is 0 Å². The van der Waals surface area contributed by atoms with E-state index in [2.05, 4.69) is 0 Å². The van der Waals surface area contributed by atoms with Gasteiger partial charge in [0.25, 0.3) is 0 Å². The minimum Gasteiger partial charge on any atom is -0.496 e. The molecule has 2 aromatic rings. The molecule has 2 aromatic carbocycles. The van der Waals surface area contributed by atoms with E-state index in [1.807, 2.05) is 6.07 Å². The summed E-state index contributed by atoms with van der Waals surface area (Å²) >= 11 is 0. The van der Waals surface area contributed by atoms with Crippen LogP contribution in [0.25, 0.3) is 0 Å². The number of carbonyl (C=O) groups excluding carboxylic acids is 1. The predicted octanol–water partition coefficient (Wildman–Crippen LogP) is 2.80. The van der Waals surface area contributed by atoms with E-state index in [4.69, 9.17) is 28.4 Å². The summed E-state index contributed by atoms with van der Waals surface area (Å²) in [5.74, 6) is 2.00. The quantitative estimate of drug-likeness (QED) is 0.745. The third kappa shape index (κ3) is 3.40. The number of ether oxygens (including phenoxy) is 6. The molecule has 7 heteroatoms. The fraction of sp³-hybridized carbons (Fsp3) is 0.278. The van der Waals surface area contributed by atoms with Crippen molar-refractivity contribution in [1.82, 2.24) is 0 Å². The van der Waals surface area contributed by atoms with Gasteiger partial charge in [0.05, 0.1) is 21.3 Å². The van der Waals surface area contributed by atoms with Crippen LogP contribution >= 0.6 is 0 Å². The summed E-state index contributed by atoms with van der Waals surface area (Å²) in [7, 11) is 4.47. The molecule has 0 saturated heterocycles. The molecule has 0 amide bonds. The lowest BCUT2D eigenvalue weighted by Crippen LogP contribution is -2.08. The van der Waals surface area contributed by atoms with Gasteiger partial charge < -0.3 is 28.4 Å². The van der Waals surface area contributed by atoms with Crippen LogP contribution in [-0.2, 0) is 11.3 Å². The largest absolute Gasteiger partial charge is 0.496 e. The zero-order chi connectivity index (χ0) is 17.8. The van der Waals surface area contributed by atoms with Gasteiger partial charge in [-0.05, 0) is 17.7 Å². The van der Waals surface area contributed by atoms with Crippen LogP contribution in [0.4, 0.5) is 0 Å². The van der Waals surface area contributed by atoms with Crippen molar-refractivity contribution in [2.45, 2.75) is 6.61 Å². The number of carbonyl (C=O) groups is 1. The van der Waals surface area contributed by atoms with Gasteiger partial charge in [0.15, 0.2) is 23.0 Å². The molecule has 0 aromatic heterocycles. The summed E-state index contributed by atoms with van der Waals surface area (Å²) in [6.45, 7) is 0.286. The zero-order valence-electron chi connectivity index (χ0n) is 14.2. The van der Waals surface area contributed by atoms with E-state index in [1.165, 1.54) is 27.4 Å². The van der Waals surface area contributed by atoms with Gasteiger partial charge in [-0.2, -0.15) is 0 Å². The number of methoxy groups -OCH3 is 3. The molecule has 25 heavy (non-hydrogen) atoms. The first-order valence-corrected chi connectivity index (χ1v) is 7.52. The summed E-state index contributed by atoms with van der Waals surface area (Å²) < 4.78 is 31.6. The molecule has 0 aliphatic carbocycles. The van der Waals surface area contributed by atoms with Crippen molar-refractivity contribution in [1.29, 1.82) is 0 Å². The number of fused-ring (bicyclic) bond motifs is 1. The Morgan fingerprint density at radius 1 is 0.920 bits per heavy atom. The van der Waals surface area contributed by atoms with Crippen LogP contribution in [0.5, 0.6) is 28.7 Å². The smallest absolute Gasteiger partial charge is 0.342 e. The lowest BCUT2D eigenvalue weighted by molar-refractivity contribution is 0.0468.